The summed E-state index contributed by atoms with van der Waals surface area (Å²) in [6, 6.07) is 13.2. The van der Waals surface area contributed by atoms with Crippen molar-refractivity contribution in [2.45, 2.75) is 18.2 Å². The third kappa shape index (κ3) is 4.07. The molecule has 5 nitrogen and oxygen atoms in total. The minimum absolute atomic E-state index is 0.207. The second-order valence-corrected chi connectivity index (χ2v) is 6.15. The minimum atomic E-state index is -4.50. The highest BCUT2D eigenvalue weighted by Gasteiger charge is 2.09. The lowest BCUT2D eigenvalue weighted by molar-refractivity contribution is 0.321. The van der Waals surface area contributed by atoms with Gasteiger partial charge < -0.3 is 9.29 Å². The Kier molecular flexibility index (Phi) is 4.81. The Balaban J connectivity index is 2.08. The molecule has 0 unspecified atom stereocenters. The average molecular weight is 316 g/mol. The predicted molar refractivity (Wildman–Crippen MR) is 79.5 cm³/mol. The summed E-state index contributed by atoms with van der Waals surface area (Å²) in [6.45, 7) is 2.06. The van der Waals surface area contributed by atoms with Gasteiger partial charge in [0.05, 0.1) is 23.1 Å². The van der Waals surface area contributed by atoms with Crippen molar-refractivity contribution >= 4 is 10.1 Å². The molecule has 0 aliphatic rings. The van der Waals surface area contributed by atoms with Crippen LogP contribution in [0.2, 0.25) is 0 Å². The number of hydrogen-bond acceptors (Lipinski definition) is 5. The van der Waals surface area contributed by atoms with Crippen LogP contribution in [0.15, 0.2) is 47.4 Å². The molecule has 2 aromatic carbocycles. The third-order valence-electron chi connectivity index (χ3n) is 3.11. The van der Waals surface area contributed by atoms with Crippen LogP contribution in [0.3, 0.4) is 0 Å². The third-order valence-corrected chi connectivity index (χ3v) is 4.05. The van der Waals surface area contributed by atoms with Gasteiger partial charge in [-0.3, -0.25) is 0 Å². The Morgan fingerprint density at radius 2 is 1.86 bits per heavy atom. The first-order valence-electron chi connectivity index (χ1n) is 6.58. The number of aryl methyl sites for hydroxylation is 1. The van der Waals surface area contributed by atoms with Gasteiger partial charge in [-0.2, -0.15) is 5.26 Å². The van der Waals surface area contributed by atoms with E-state index in [9.17, 15) is 13.0 Å². The second kappa shape index (κ2) is 6.60. The lowest BCUT2D eigenvalue weighted by Crippen LogP contribution is -2.08. The van der Waals surface area contributed by atoms with Gasteiger partial charge in [0.15, 0.2) is 0 Å². The van der Waals surface area contributed by atoms with Gasteiger partial charge in [-0.15, -0.1) is 0 Å². The molecule has 0 amide bonds. The van der Waals surface area contributed by atoms with Crippen molar-refractivity contribution in [3.05, 3.63) is 59.2 Å². The fourth-order valence-electron chi connectivity index (χ4n) is 2.05. The Bertz CT molecular complexity index is 805. The largest absolute Gasteiger partial charge is 0.744 e. The van der Waals surface area contributed by atoms with Crippen LogP contribution in [-0.2, 0) is 16.5 Å². The Morgan fingerprint density at radius 3 is 2.45 bits per heavy atom. The van der Waals surface area contributed by atoms with Crippen molar-refractivity contribution in [2.75, 3.05) is 6.61 Å². The van der Waals surface area contributed by atoms with Gasteiger partial charge in [0.1, 0.15) is 15.9 Å². The monoisotopic (exact) mass is 316 g/mol. The number of ether oxygens (including phenoxy) is 1. The van der Waals surface area contributed by atoms with Gasteiger partial charge in [-0.25, -0.2) is 8.42 Å². The summed E-state index contributed by atoms with van der Waals surface area (Å²) in [6.07, 6.45) is 0.304. The molecule has 2 rings (SSSR count). The molecule has 0 aliphatic heterocycles. The molecule has 0 N–H and O–H groups in total. The van der Waals surface area contributed by atoms with E-state index in [1.54, 1.807) is 36.4 Å². The first kappa shape index (κ1) is 16.0. The molecule has 2 aromatic rings. The SMILES string of the molecule is Cc1ccc(S(=O)(=O)[O-])c(CCOc2ccc(C#N)cc2)c1. The molecule has 0 radical (unpaired) electrons. The summed E-state index contributed by atoms with van der Waals surface area (Å²) in [4.78, 5) is -0.207. The summed E-state index contributed by atoms with van der Waals surface area (Å²) >= 11 is 0. The Labute approximate surface area is 129 Å². The van der Waals surface area contributed by atoms with Crippen LogP contribution < -0.4 is 4.74 Å². The molecule has 0 bridgehead atoms. The van der Waals surface area contributed by atoms with Crippen molar-refractivity contribution in [3.8, 4) is 11.8 Å². The van der Waals surface area contributed by atoms with Crippen LogP contribution in [0.25, 0.3) is 0 Å². The Morgan fingerprint density at radius 1 is 1.18 bits per heavy atom. The van der Waals surface area contributed by atoms with Gasteiger partial charge in [0.2, 0.25) is 0 Å². The summed E-state index contributed by atoms with van der Waals surface area (Å²) in [5, 5.41) is 8.71. The lowest BCUT2D eigenvalue weighted by Gasteiger charge is -2.14. The number of nitriles is 1. The highest BCUT2D eigenvalue weighted by atomic mass is 32.2. The molecule has 0 aliphatic carbocycles. The van der Waals surface area contributed by atoms with E-state index in [0.29, 0.717) is 23.3 Å². The van der Waals surface area contributed by atoms with E-state index in [-0.39, 0.29) is 11.5 Å². The highest BCUT2D eigenvalue weighted by Crippen LogP contribution is 2.19. The zero-order valence-corrected chi connectivity index (χ0v) is 12.8. The molecule has 0 saturated heterocycles. The summed E-state index contributed by atoms with van der Waals surface area (Å²) in [5.74, 6) is 0.582. The van der Waals surface area contributed by atoms with Crippen LogP contribution in [-0.4, -0.2) is 19.6 Å². The normalized spacial score (nSPS) is 11.0. The fraction of sp³-hybridized carbons (Fsp3) is 0.188. The van der Waals surface area contributed by atoms with Crippen LogP contribution >= 0.6 is 0 Å². The molecule has 0 fully saturated rings. The maximum atomic E-state index is 11.2. The van der Waals surface area contributed by atoms with Gasteiger partial charge in [0, 0.05) is 6.42 Å². The number of rotatable bonds is 5. The molecule has 114 valence electrons. The van der Waals surface area contributed by atoms with Gasteiger partial charge >= 0.3 is 0 Å². The minimum Gasteiger partial charge on any atom is -0.744 e. The molecule has 0 spiro atoms. The van der Waals surface area contributed by atoms with Crippen molar-refractivity contribution < 1.29 is 17.7 Å². The highest BCUT2D eigenvalue weighted by molar-refractivity contribution is 7.85. The van der Waals surface area contributed by atoms with E-state index in [1.165, 1.54) is 6.07 Å². The standard InChI is InChI=1S/C16H15NO4S/c1-12-2-7-16(22(18,19)20)14(10-12)8-9-21-15-5-3-13(11-17)4-6-15/h2-7,10H,8-9H2,1H3,(H,18,19,20)/p-1. The van der Waals surface area contributed by atoms with Gasteiger partial charge in [-0.1, -0.05) is 17.7 Å². The lowest BCUT2D eigenvalue weighted by atomic mass is 10.1. The molecule has 0 atom stereocenters. The number of hydrogen-bond donors (Lipinski definition) is 0. The van der Waals surface area contributed by atoms with Crippen LogP contribution in [0.5, 0.6) is 5.75 Å². The first-order valence-corrected chi connectivity index (χ1v) is 7.99. The smallest absolute Gasteiger partial charge is 0.124 e. The number of nitrogens with zero attached hydrogens (tertiary/aromatic N) is 1. The van der Waals surface area contributed by atoms with Gasteiger partial charge in [-0.05, 0) is 42.8 Å². The van der Waals surface area contributed by atoms with Crippen molar-refractivity contribution in [1.29, 1.82) is 5.26 Å². The molecule has 22 heavy (non-hydrogen) atoms. The molecule has 0 aromatic heterocycles. The quantitative estimate of drug-likeness (QED) is 0.790. The van der Waals surface area contributed by atoms with Crippen molar-refractivity contribution in [3.63, 3.8) is 0 Å². The van der Waals surface area contributed by atoms with Crippen LogP contribution in [0, 0.1) is 18.3 Å². The van der Waals surface area contributed by atoms with E-state index >= 15 is 0 Å². The molecular weight excluding hydrogens is 302 g/mol. The molecule has 6 heteroatoms. The second-order valence-electron chi connectivity index (χ2n) is 4.80. The van der Waals surface area contributed by atoms with E-state index in [1.807, 2.05) is 13.0 Å². The van der Waals surface area contributed by atoms with Crippen molar-refractivity contribution in [1.82, 2.24) is 0 Å². The molecular formula is C16H14NO4S-. The Hall–Kier alpha value is -2.36. The fourth-order valence-corrected chi connectivity index (χ4v) is 2.77. The maximum absolute atomic E-state index is 11.2. The van der Waals surface area contributed by atoms with E-state index in [4.69, 9.17) is 10.00 Å². The first-order chi connectivity index (χ1) is 10.4. The average Bonchev–Trinajstić information content (AvgIpc) is 2.47. The van der Waals surface area contributed by atoms with Crippen LogP contribution in [0.1, 0.15) is 16.7 Å². The topological polar surface area (TPSA) is 90.2 Å². The maximum Gasteiger partial charge on any atom is 0.124 e. The zero-order valence-electron chi connectivity index (χ0n) is 11.9. The summed E-state index contributed by atoms with van der Waals surface area (Å²) in [5.41, 5.74) is 1.86. The predicted octanol–water partition coefficient (Wildman–Crippen LogP) is 2.39. The van der Waals surface area contributed by atoms with E-state index in [2.05, 4.69) is 0 Å². The van der Waals surface area contributed by atoms with Crippen LogP contribution in [0.4, 0.5) is 0 Å². The van der Waals surface area contributed by atoms with E-state index in [0.717, 1.165) is 5.56 Å². The summed E-state index contributed by atoms with van der Waals surface area (Å²) in [7, 11) is -4.50. The zero-order chi connectivity index (χ0) is 16.2. The molecule has 0 heterocycles. The summed E-state index contributed by atoms with van der Waals surface area (Å²) < 4.78 is 39.2. The van der Waals surface area contributed by atoms with Crippen molar-refractivity contribution in [2.24, 2.45) is 0 Å². The molecule has 0 saturated carbocycles. The number of benzene rings is 2. The van der Waals surface area contributed by atoms with Gasteiger partial charge in [0.25, 0.3) is 0 Å². The van der Waals surface area contributed by atoms with E-state index < -0.39 is 10.1 Å².